The lowest BCUT2D eigenvalue weighted by Gasteiger charge is -2.20. The summed E-state index contributed by atoms with van der Waals surface area (Å²) in [5, 5.41) is 8.24. The van der Waals surface area contributed by atoms with E-state index in [0.717, 1.165) is 55.4 Å². The number of rotatable bonds is 10. The van der Waals surface area contributed by atoms with Crippen molar-refractivity contribution in [1.29, 1.82) is 0 Å². The second-order valence-electron chi connectivity index (χ2n) is 7.97. The van der Waals surface area contributed by atoms with Crippen LogP contribution in [0, 0.1) is 0 Å². The van der Waals surface area contributed by atoms with Crippen LogP contribution in [-0.2, 0) is 16.0 Å². The van der Waals surface area contributed by atoms with Crippen molar-refractivity contribution in [2.24, 2.45) is 21.7 Å². The highest BCUT2D eigenvalue weighted by atomic mass is 16.5. The van der Waals surface area contributed by atoms with Gasteiger partial charge >= 0.3 is 5.97 Å². The van der Waals surface area contributed by atoms with Crippen molar-refractivity contribution < 1.29 is 23.7 Å². The Morgan fingerprint density at radius 2 is 1.79 bits per heavy atom. The number of benzene rings is 1. The number of hydrogen-bond donors (Lipinski definition) is 2. The molecule has 9 heteroatoms. The van der Waals surface area contributed by atoms with Crippen LogP contribution in [0.3, 0.4) is 0 Å². The lowest BCUT2D eigenvalue weighted by molar-refractivity contribution is -0.143. The van der Waals surface area contributed by atoms with E-state index in [2.05, 4.69) is 10.2 Å². The third-order valence-electron chi connectivity index (χ3n) is 5.82. The number of carbonyl (C=O) groups is 1. The van der Waals surface area contributed by atoms with E-state index in [4.69, 9.17) is 30.4 Å². The predicted octanol–water partition coefficient (Wildman–Crippen LogP) is 3.33. The zero-order valence-electron chi connectivity index (χ0n) is 19.7. The smallest absolute Gasteiger partial charge is 0.305 e. The third kappa shape index (κ3) is 5.77. The lowest BCUT2D eigenvalue weighted by atomic mass is 9.95. The molecule has 0 radical (unpaired) electrons. The zero-order chi connectivity index (χ0) is 23.8. The fourth-order valence-electron chi connectivity index (χ4n) is 4.45. The van der Waals surface area contributed by atoms with Crippen molar-refractivity contribution in [1.82, 2.24) is 0 Å². The van der Waals surface area contributed by atoms with Crippen LogP contribution in [0.5, 0.6) is 17.2 Å². The number of methoxy groups -OCH3 is 2. The molecule has 0 amide bonds. The van der Waals surface area contributed by atoms with Crippen LogP contribution in [0.2, 0.25) is 0 Å². The number of guanidine groups is 1. The van der Waals surface area contributed by atoms with E-state index in [1.54, 1.807) is 21.1 Å². The van der Waals surface area contributed by atoms with E-state index in [1.165, 1.54) is 11.1 Å². The molecule has 0 aromatic heterocycles. The maximum absolute atomic E-state index is 11.5. The van der Waals surface area contributed by atoms with Gasteiger partial charge < -0.3 is 30.4 Å². The molecule has 2 aliphatic rings. The van der Waals surface area contributed by atoms with E-state index in [9.17, 15) is 4.79 Å². The van der Waals surface area contributed by atoms with Gasteiger partial charge in [0.25, 0.3) is 0 Å². The van der Waals surface area contributed by atoms with Gasteiger partial charge in [-0.15, -0.1) is 5.10 Å². The first-order valence-electron chi connectivity index (χ1n) is 11.4. The average Bonchev–Trinajstić information content (AvgIpc) is 3.22. The average molecular weight is 459 g/mol. The molecule has 0 aliphatic heterocycles. The van der Waals surface area contributed by atoms with Gasteiger partial charge in [-0.2, -0.15) is 5.10 Å². The topological polar surface area (TPSA) is 131 Å². The van der Waals surface area contributed by atoms with Crippen molar-refractivity contribution >= 4 is 23.2 Å². The third-order valence-corrected chi connectivity index (χ3v) is 5.82. The van der Waals surface area contributed by atoms with Crippen molar-refractivity contribution in [3.8, 4) is 17.2 Å². The Hall–Kier alpha value is -3.23. The number of carbonyl (C=O) groups excluding carboxylic acids is 1. The molecule has 0 spiro atoms. The van der Waals surface area contributed by atoms with E-state index in [0.29, 0.717) is 43.3 Å². The molecule has 33 heavy (non-hydrogen) atoms. The first kappa shape index (κ1) is 24.4. The molecule has 0 atom stereocenters. The van der Waals surface area contributed by atoms with E-state index >= 15 is 0 Å². The summed E-state index contributed by atoms with van der Waals surface area (Å²) >= 11 is 0. The molecular formula is C24H34N4O5. The monoisotopic (exact) mass is 458 g/mol. The fraction of sp³-hybridized carbons (Fsp3) is 0.542. The summed E-state index contributed by atoms with van der Waals surface area (Å²) in [4.78, 5) is 11.5. The molecule has 0 heterocycles. The molecule has 2 aliphatic carbocycles. The molecule has 0 saturated heterocycles. The summed E-state index contributed by atoms with van der Waals surface area (Å²) in [6, 6.07) is 2.04. The number of esters is 1. The number of nitrogens with zero attached hydrogens (tertiary/aromatic N) is 2. The van der Waals surface area contributed by atoms with Gasteiger partial charge in [-0.25, -0.2) is 0 Å². The number of nitrogens with two attached hydrogens (primary N) is 2. The molecule has 180 valence electrons. The van der Waals surface area contributed by atoms with Crippen LogP contribution in [0.25, 0.3) is 5.57 Å². The number of aryl methyl sites for hydroxylation is 1. The number of fused-ring (bicyclic) bond motifs is 2. The number of ether oxygens (including phenoxy) is 4. The molecule has 4 N–H and O–H groups in total. The summed E-state index contributed by atoms with van der Waals surface area (Å²) in [5.41, 5.74) is 16.5. The van der Waals surface area contributed by atoms with Crippen molar-refractivity contribution in [3.63, 3.8) is 0 Å². The van der Waals surface area contributed by atoms with Gasteiger partial charge in [0.2, 0.25) is 11.7 Å². The quantitative estimate of drug-likeness (QED) is 0.181. The van der Waals surface area contributed by atoms with E-state index in [-0.39, 0.29) is 11.9 Å². The predicted molar refractivity (Wildman–Crippen MR) is 128 cm³/mol. The number of unbranched alkanes of at least 4 members (excludes halogenated alkanes) is 1. The number of hydrogen-bond acceptors (Lipinski definition) is 7. The van der Waals surface area contributed by atoms with Crippen LogP contribution < -0.4 is 25.7 Å². The SMILES string of the molecule is CCOC(=O)CCCCOc1cc2c(c(OC)c1OC)C1=C(CCC1)C(=NN=C(N)N)CC2. The largest absolute Gasteiger partial charge is 0.492 e. The van der Waals surface area contributed by atoms with Crippen LogP contribution in [0.4, 0.5) is 0 Å². The highest BCUT2D eigenvalue weighted by Crippen LogP contribution is 2.50. The fourth-order valence-corrected chi connectivity index (χ4v) is 4.45. The minimum atomic E-state index is -0.180. The van der Waals surface area contributed by atoms with Gasteiger partial charge in [-0.3, -0.25) is 4.79 Å². The number of allylic oxidation sites excluding steroid dienone is 2. The normalized spacial score (nSPS) is 16.0. The Balaban J connectivity index is 1.87. The van der Waals surface area contributed by atoms with Gasteiger partial charge in [-0.1, -0.05) is 0 Å². The highest BCUT2D eigenvalue weighted by Gasteiger charge is 2.31. The maximum Gasteiger partial charge on any atom is 0.305 e. The summed E-state index contributed by atoms with van der Waals surface area (Å²) in [6.45, 7) is 2.67. The van der Waals surface area contributed by atoms with Gasteiger partial charge in [0.1, 0.15) is 0 Å². The Labute approximate surface area is 194 Å². The molecule has 1 aromatic carbocycles. The first-order valence-corrected chi connectivity index (χ1v) is 11.4. The summed E-state index contributed by atoms with van der Waals surface area (Å²) < 4.78 is 22.6. The Morgan fingerprint density at radius 1 is 1.03 bits per heavy atom. The molecular weight excluding hydrogens is 424 g/mol. The minimum Gasteiger partial charge on any atom is -0.492 e. The minimum absolute atomic E-state index is 0.0534. The molecule has 0 saturated carbocycles. The second kappa shape index (κ2) is 11.6. The molecule has 1 aromatic rings. The molecule has 3 rings (SSSR count). The summed E-state index contributed by atoms with van der Waals surface area (Å²) in [7, 11) is 3.26. The first-order chi connectivity index (χ1) is 16.0. The van der Waals surface area contributed by atoms with Gasteiger partial charge in [0.15, 0.2) is 11.5 Å². The van der Waals surface area contributed by atoms with E-state index < -0.39 is 0 Å². The molecule has 0 unspecified atom stereocenters. The van der Waals surface area contributed by atoms with Gasteiger partial charge in [0, 0.05) is 12.0 Å². The van der Waals surface area contributed by atoms with Crippen molar-refractivity contribution in [2.75, 3.05) is 27.4 Å². The Bertz CT molecular complexity index is 964. The van der Waals surface area contributed by atoms with Gasteiger partial charge in [-0.05, 0) is 74.6 Å². The van der Waals surface area contributed by atoms with Crippen LogP contribution in [0.1, 0.15) is 63.0 Å². The Morgan fingerprint density at radius 3 is 2.48 bits per heavy atom. The Kier molecular flexibility index (Phi) is 8.57. The zero-order valence-corrected chi connectivity index (χ0v) is 19.7. The summed E-state index contributed by atoms with van der Waals surface area (Å²) in [5.74, 6) is 1.65. The van der Waals surface area contributed by atoms with E-state index in [1.807, 2.05) is 6.07 Å². The standard InChI is InChI=1S/C24H34N4O5/c1-4-32-20(29)10-5-6-13-33-19-14-15-11-12-18(27-28-24(25)26)16-8-7-9-17(16)21(15)23(31-3)22(19)30-2/h14H,4-13H2,1-3H3,(H4,25,26,28). The van der Waals surface area contributed by atoms with Gasteiger partial charge in [0.05, 0.1) is 33.1 Å². The van der Waals surface area contributed by atoms with Crippen LogP contribution >= 0.6 is 0 Å². The molecule has 9 nitrogen and oxygen atoms in total. The maximum atomic E-state index is 11.5. The van der Waals surface area contributed by atoms with Crippen LogP contribution in [-0.4, -0.2) is 45.1 Å². The highest BCUT2D eigenvalue weighted by molar-refractivity contribution is 6.09. The molecule has 0 fully saturated rings. The van der Waals surface area contributed by atoms with Crippen LogP contribution in [0.15, 0.2) is 21.8 Å². The van der Waals surface area contributed by atoms with Crippen molar-refractivity contribution in [2.45, 2.75) is 58.3 Å². The molecule has 0 bridgehead atoms. The summed E-state index contributed by atoms with van der Waals surface area (Å²) in [6.07, 6.45) is 6.17. The van der Waals surface area contributed by atoms with Crippen molar-refractivity contribution in [3.05, 3.63) is 22.8 Å². The second-order valence-corrected chi connectivity index (χ2v) is 7.97. The lowest BCUT2D eigenvalue weighted by Crippen LogP contribution is -2.22.